The average Bonchev–Trinajstić information content (AvgIpc) is 2.72. The zero-order valence-electron chi connectivity index (χ0n) is 17.1. The molecule has 0 aliphatic carbocycles. The molecule has 150 valence electrons. The molecule has 0 aliphatic rings. The second-order valence-corrected chi connectivity index (χ2v) is 7.32. The first-order valence-electron chi connectivity index (χ1n) is 9.99. The van der Waals surface area contributed by atoms with E-state index >= 15 is 0 Å². The molecule has 3 rings (SSSR count). The SMILES string of the molecule is Cc1cc(C)cc(C(NCCc2cccnc2)C(=O)NCCc2cccnc2)c1. The molecule has 0 saturated carbocycles. The number of benzene rings is 1. The molecule has 1 atom stereocenters. The van der Waals surface area contributed by atoms with Gasteiger partial charge in [-0.15, -0.1) is 0 Å². The van der Waals surface area contributed by atoms with Crippen molar-refractivity contribution in [3.8, 4) is 0 Å². The van der Waals surface area contributed by atoms with E-state index in [2.05, 4.69) is 58.7 Å². The summed E-state index contributed by atoms with van der Waals surface area (Å²) in [4.78, 5) is 21.3. The van der Waals surface area contributed by atoms with Gasteiger partial charge < -0.3 is 10.6 Å². The Balaban J connectivity index is 1.64. The van der Waals surface area contributed by atoms with Crippen LogP contribution >= 0.6 is 0 Å². The zero-order chi connectivity index (χ0) is 20.5. The molecule has 1 aromatic carbocycles. The molecule has 0 aliphatic heterocycles. The number of carbonyl (C=O) groups is 1. The van der Waals surface area contributed by atoms with Crippen LogP contribution in [-0.4, -0.2) is 29.0 Å². The van der Waals surface area contributed by atoms with Crippen molar-refractivity contribution < 1.29 is 4.79 Å². The van der Waals surface area contributed by atoms with E-state index in [1.165, 1.54) is 0 Å². The van der Waals surface area contributed by atoms with Crippen LogP contribution in [0.1, 0.15) is 33.9 Å². The molecule has 1 amide bonds. The van der Waals surface area contributed by atoms with Crippen LogP contribution in [-0.2, 0) is 17.6 Å². The molecule has 3 aromatic rings. The minimum Gasteiger partial charge on any atom is -0.354 e. The fourth-order valence-electron chi connectivity index (χ4n) is 3.42. The fourth-order valence-corrected chi connectivity index (χ4v) is 3.42. The summed E-state index contributed by atoms with van der Waals surface area (Å²) in [6.45, 7) is 5.39. The number of aromatic nitrogens is 2. The van der Waals surface area contributed by atoms with Gasteiger partial charge in [-0.25, -0.2) is 0 Å². The summed E-state index contributed by atoms with van der Waals surface area (Å²) in [5.41, 5.74) is 5.56. The first-order chi connectivity index (χ1) is 14.1. The topological polar surface area (TPSA) is 66.9 Å². The van der Waals surface area contributed by atoms with Gasteiger partial charge in [-0.2, -0.15) is 0 Å². The van der Waals surface area contributed by atoms with Gasteiger partial charge in [-0.3, -0.25) is 14.8 Å². The Labute approximate surface area is 172 Å². The number of hydrogen-bond donors (Lipinski definition) is 2. The van der Waals surface area contributed by atoms with Crippen LogP contribution in [0.2, 0.25) is 0 Å². The highest BCUT2D eigenvalue weighted by Gasteiger charge is 2.20. The van der Waals surface area contributed by atoms with Gasteiger partial charge in [0.2, 0.25) is 5.91 Å². The molecule has 0 spiro atoms. The molecule has 1 unspecified atom stereocenters. The first-order valence-corrected chi connectivity index (χ1v) is 9.99. The Bertz CT molecular complexity index is 892. The van der Waals surface area contributed by atoms with Crippen molar-refractivity contribution in [2.75, 3.05) is 13.1 Å². The van der Waals surface area contributed by atoms with Crippen molar-refractivity contribution in [1.29, 1.82) is 0 Å². The lowest BCUT2D eigenvalue weighted by atomic mass is 10.00. The number of amides is 1. The highest BCUT2D eigenvalue weighted by molar-refractivity contribution is 5.83. The highest BCUT2D eigenvalue weighted by atomic mass is 16.2. The molecular weight excluding hydrogens is 360 g/mol. The molecule has 2 N–H and O–H groups in total. The third-order valence-electron chi connectivity index (χ3n) is 4.76. The van der Waals surface area contributed by atoms with Gasteiger partial charge >= 0.3 is 0 Å². The number of nitrogens with one attached hydrogen (secondary N) is 2. The maximum atomic E-state index is 13.0. The number of pyridine rings is 2. The molecule has 0 fully saturated rings. The summed E-state index contributed by atoms with van der Waals surface area (Å²) >= 11 is 0. The molecule has 29 heavy (non-hydrogen) atoms. The van der Waals surface area contributed by atoms with Crippen LogP contribution in [0.15, 0.2) is 67.3 Å². The lowest BCUT2D eigenvalue weighted by molar-refractivity contribution is -0.123. The van der Waals surface area contributed by atoms with E-state index in [4.69, 9.17) is 0 Å². The molecule has 5 heteroatoms. The van der Waals surface area contributed by atoms with Gasteiger partial charge in [-0.1, -0.05) is 41.5 Å². The van der Waals surface area contributed by atoms with Crippen molar-refractivity contribution in [3.05, 3.63) is 95.1 Å². The second kappa shape index (κ2) is 10.5. The monoisotopic (exact) mass is 388 g/mol. The quantitative estimate of drug-likeness (QED) is 0.590. The molecular formula is C24H28N4O. The Hall–Kier alpha value is -3.05. The van der Waals surface area contributed by atoms with Crippen LogP contribution in [0.25, 0.3) is 0 Å². The van der Waals surface area contributed by atoms with Crippen LogP contribution in [0, 0.1) is 13.8 Å². The number of rotatable bonds is 9. The molecule has 0 saturated heterocycles. The van der Waals surface area contributed by atoms with E-state index in [1.807, 2.05) is 30.6 Å². The minimum absolute atomic E-state index is 0.00919. The fraction of sp³-hybridized carbons (Fsp3) is 0.292. The van der Waals surface area contributed by atoms with Gasteiger partial charge in [0.1, 0.15) is 6.04 Å². The number of carbonyl (C=O) groups excluding carboxylic acids is 1. The standard InChI is InChI=1S/C24H28N4O/c1-18-13-19(2)15-22(14-18)23(27-11-7-20-5-3-9-25-16-20)24(29)28-12-8-21-6-4-10-26-17-21/h3-6,9-10,13-17,23,27H,7-8,11-12H2,1-2H3,(H,28,29). The Morgan fingerprint density at radius 2 is 1.48 bits per heavy atom. The van der Waals surface area contributed by atoms with E-state index in [9.17, 15) is 4.79 Å². The zero-order valence-corrected chi connectivity index (χ0v) is 17.1. The molecule has 0 bridgehead atoms. The molecule has 2 heterocycles. The number of aryl methyl sites for hydroxylation is 2. The van der Waals surface area contributed by atoms with Crippen molar-refractivity contribution in [3.63, 3.8) is 0 Å². The predicted molar refractivity (Wildman–Crippen MR) is 116 cm³/mol. The normalized spacial score (nSPS) is 11.8. The number of nitrogens with zero attached hydrogens (tertiary/aromatic N) is 2. The van der Waals surface area contributed by atoms with Crippen molar-refractivity contribution in [1.82, 2.24) is 20.6 Å². The van der Waals surface area contributed by atoms with Gasteiger partial charge in [-0.05, 0) is 55.5 Å². The van der Waals surface area contributed by atoms with Crippen LogP contribution in [0.5, 0.6) is 0 Å². The highest BCUT2D eigenvalue weighted by Crippen LogP contribution is 2.18. The summed E-state index contributed by atoms with van der Waals surface area (Å²) in [5.74, 6) is -0.00919. The van der Waals surface area contributed by atoms with E-state index in [0.29, 0.717) is 13.1 Å². The Morgan fingerprint density at radius 1 is 0.897 bits per heavy atom. The lowest BCUT2D eigenvalue weighted by Gasteiger charge is -2.20. The van der Waals surface area contributed by atoms with Crippen LogP contribution in [0.3, 0.4) is 0 Å². The van der Waals surface area contributed by atoms with Gasteiger partial charge in [0, 0.05) is 37.9 Å². The van der Waals surface area contributed by atoms with E-state index in [0.717, 1.165) is 40.7 Å². The average molecular weight is 389 g/mol. The first kappa shape index (κ1) is 20.7. The molecule has 5 nitrogen and oxygen atoms in total. The van der Waals surface area contributed by atoms with Crippen LogP contribution in [0.4, 0.5) is 0 Å². The van der Waals surface area contributed by atoms with Gasteiger partial charge in [0.05, 0.1) is 0 Å². The summed E-state index contributed by atoms with van der Waals surface area (Å²) in [6.07, 6.45) is 8.80. The largest absolute Gasteiger partial charge is 0.354 e. The van der Waals surface area contributed by atoms with Crippen LogP contribution < -0.4 is 10.6 Å². The smallest absolute Gasteiger partial charge is 0.241 e. The Kier molecular flexibility index (Phi) is 7.47. The van der Waals surface area contributed by atoms with Gasteiger partial charge in [0.15, 0.2) is 0 Å². The predicted octanol–water partition coefficient (Wildman–Crippen LogP) is 3.33. The van der Waals surface area contributed by atoms with Gasteiger partial charge in [0.25, 0.3) is 0 Å². The third kappa shape index (κ3) is 6.50. The van der Waals surface area contributed by atoms with Crippen molar-refractivity contribution >= 4 is 5.91 Å². The maximum Gasteiger partial charge on any atom is 0.241 e. The summed E-state index contributed by atoms with van der Waals surface area (Å²) in [6, 6.07) is 13.8. The number of hydrogen-bond acceptors (Lipinski definition) is 4. The summed E-state index contributed by atoms with van der Waals surface area (Å²) in [7, 11) is 0. The molecule has 0 radical (unpaired) electrons. The third-order valence-corrected chi connectivity index (χ3v) is 4.76. The maximum absolute atomic E-state index is 13.0. The second-order valence-electron chi connectivity index (χ2n) is 7.32. The summed E-state index contributed by atoms with van der Waals surface area (Å²) < 4.78 is 0. The molecule has 2 aromatic heterocycles. The van der Waals surface area contributed by atoms with Crippen molar-refractivity contribution in [2.24, 2.45) is 0 Å². The van der Waals surface area contributed by atoms with E-state index in [-0.39, 0.29) is 11.9 Å². The minimum atomic E-state index is -0.390. The van der Waals surface area contributed by atoms with E-state index in [1.54, 1.807) is 12.4 Å². The summed E-state index contributed by atoms with van der Waals surface area (Å²) in [5, 5.41) is 6.51. The lowest BCUT2D eigenvalue weighted by Crippen LogP contribution is -2.39. The Morgan fingerprint density at radius 3 is 2.03 bits per heavy atom. The van der Waals surface area contributed by atoms with E-state index < -0.39 is 0 Å². The van der Waals surface area contributed by atoms with Crippen molar-refractivity contribution in [2.45, 2.75) is 32.7 Å².